The molecule has 2 aromatic carbocycles. The second-order valence-electron chi connectivity index (χ2n) is 8.65. The van der Waals surface area contributed by atoms with E-state index in [9.17, 15) is 14.0 Å². The average molecular weight is 440 g/mol. The Labute approximate surface area is 187 Å². The van der Waals surface area contributed by atoms with Gasteiger partial charge in [0.05, 0.1) is 11.4 Å². The highest BCUT2D eigenvalue weighted by Gasteiger charge is 2.25. The zero-order valence-electron chi connectivity index (χ0n) is 18.1. The van der Waals surface area contributed by atoms with Gasteiger partial charge in [0.25, 0.3) is 11.8 Å². The number of benzene rings is 2. The van der Waals surface area contributed by atoms with Crippen LogP contribution < -0.4 is 21.7 Å². The van der Waals surface area contributed by atoms with Crippen molar-refractivity contribution in [2.24, 2.45) is 5.73 Å². The van der Waals surface area contributed by atoms with E-state index in [0.717, 1.165) is 31.4 Å². The zero-order chi connectivity index (χ0) is 22.7. The molecule has 32 heavy (non-hydrogen) atoms. The van der Waals surface area contributed by atoms with E-state index < -0.39 is 5.82 Å². The molecule has 0 radical (unpaired) electrons. The van der Waals surface area contributed by atoms with E-state index in [1.54, 1.807) is 29.2 Å². The van der Waals surface area contributed by atoms with E-state index in [1.165, 1.54) is 12.1 Å². The topological polar surface area (TPSA) is 105 Å². The first-order chi connectivity index (χ1) is 15.4. The molecule has 0 atom stereocenters. The number of hydrogen-bond donors (Lipinski definition) is 3. The lowest BCUT2D eigenvalue weighted by Gasteiger charge is -2.36. The number of halogens is 1. The molecule has 4 rings (SSSR count). The molecular formula is C24H30FN5O2. The number of rotatable bonds is 4. The molecule has 0 bridgehead atoms. The minimum absolute atomic E-state index is 0.116. The largest absolute Gasteiger partial charge is 0.397 e. The van der Waals surface area contributed by atoms with Gasteiger partial charge in [-0.05, 0) is 62.1 Å². The van der Waals surface area contributed by atoms with Gasteiger partial charge in [-0.15, -0.1) is 0 Å². The number of nitrogens with zero attached hydrogens (tertiary/aromatic N) is 2. The number of amides is 2. The monoisotopic (exact) mass is 439 g/mol. The Morgan fingerprint density at radius 1 is 0.938 bits per heavy atom. The van der Waals surface area contributed by atoms with Crippen molar-refractivity contribution in [3.63, 3.8) is 0 Å². The van der Waals surface area contributed by atoms with Crippen LogP contribution in [0.4, 0.5) is 15.8 Å². The van der Waals surface area contributed by atoms with Crippen molar-refractivity contribution >= 4 is 23.2 Å². The Kier molecular flexibility index (Phi) is 6.60. The number of hydrogen-bond acceptors (Lipinski definition) is 5. The van der Waals surface area contributed by atoms with Crippen LogP contribution >= 0.6 is 0 Å². The molecule has 0 unspecified atom stereocenters. The predicted octanol–water partition coefficient (Wildman–Crippen LogP) is 2.37. The second kappa shape index (κ2) is 9.56. The molecule has 1 aliphatic carbocycles. The first kappa shape index (κ1) is 22.1. The fourth-order valence-corrected chi connectivity index (χ4v) is 4.47. The molecule has 1 saturated heterocycles. The molecule has 170 valence electrons. The Balaban J connectivity index is 1.35. The van der Waals surface area contributed by atoms with Crippen LogP contribution in [0, 0.1) is 5.82 Å². The number of carbonyl (C=O) groups is 2. The van der Waals surface area contributed by atoms with Crippen molar-refractivity contribution < 1.29 is 14.0 Å². The maximum Gasteiger partial charge on any atom is 0.254 e. The van der Waals surface area contributed by atoms with Gasteiger partial charge in [0.2, 0.25) is 0 Å². The van der Waals surface area contributed by atoms with E-state index in [1.807, 2.05) is 6.07 Å². The second-order valence-corrected chi connectivity index (χ2v) is 8.65. The van der Waals surface area contributed by atoms with E-state index in [0.29, 0.717) is 43.0 Å². The quantitative estimate of drug-likeness (QED) is 0.635. The molecule has 1 saturated carbocycles. The first-order valence-corrected chi connectivity index (χ1v) is 11.2. The Hall–Kier alpha value is -3.13. The van der Waals surface area contributed by atoms with Crippen molar-refractivity contribution in [1.29, 1.82) is 0 Å². The minimum atomic E-state index is -0.418. The molecule has 5 N–H and O–H groups in total. The Morgan fingerprint density at radius 2 is 1.66 bits per heavy atom. The lowest BCUT2D eigenvalue weighted by atomic mass is 9.91. The standard InChI is InChI=1S/C24H30FN5O2/c25-18-3-1-2-17(14-18)24(32)30-12-10-29(11-13-30)22-9-4-16(15-21(22)27)23(31)28-20-7-5-19(26)6-8-20/h1-4,9,14-15,19-20H,5-8,10-13,26-27H2,(H,28,31). The number of nitrogens with two attached hydrogens (primary N) is 2. The van der Waals surface area contributed by atoms with Gasteiger partial charge in [-0.1, -0.05) is 6.07 Å². The van der Waals surface area contributed by atoms with Gasteiger partial charge in [0.1, 0.15) is 5.82 Å². The van der Waals surface area contributed by atoms with E-state index >= 15 is 0 Å². The third-order valence-electron chi connectivity index (χ3n) is 6.38. The molecule has 0 aromatic heterocycles. The normalized spacial score (nSPS) is 21.3. The van der Waals surface area contributed by atoms with Crippen molar-refractivity contribution in [3.8, 4) is 0 Å². The minimum Gasteiger partial charge on any atom is -0.397 e. The molecule has 2 aliphatic rings. The predicted molar refractivity (Wildman–Crippen MR) is 123 cm³/mol. The zero-order valence-corrected chi connectivity index (χ0v) is 18.1. The van der Waals surface area contributed by atoms with E-state index in [2.05, 4.69) is 10.2 Å². The number of carbonyl (C=O) groups excluding carboxylic acids is 2. The van der Waals surface area contributed by atoms with E-state index in [4.69, 9.17) is 11.5 Å². The van der Waals surface area contributed by atoms with Gasteiger partial charge in [-0.2, -0.15) is 0 Å². The molecular weight excluding hydrogens is 409 g/mol. The summed E-state index contributed by atoms with van der Waals surface area (Å²) in [7, 11) is 0. The summed E-state index contributed by atoms with van der Waals surface area (Å²) in [6, 6.07) is 11.5. The highest BCUT2D eigenvalue weighted by molar-refractivity contribution is 5.96. The summed E-state index contributed by atoms with van der Waals surface area (Å²) in [5, 5.41) is 3.09. The van der Waals surface area contributed by atoms with Crippen molar-refractivity contribution in [1.82, 2.24) is 10.2 Å². The van der Waals surface area contributed by atoms with Gasteiger partial charge in [0, 0.05) is 49.4 Å². The first-order valence-electron chi connectivity index (χ1n) is 11.2. The maximum absolute atomic E-state index is 13.4. The summed E-state index contributed by atoms with van der Waals surface area (Å²) in [6.45, 7) is 2.25. The third-order valence-corrected chi connectivity index (χ3v) is 6.38. The Morgan fingerprint density at radius 3 is 2.31 bits per heavy atom. The number of anilines is 2. The van der Waals surface area contributed by atoms with Crippen LogP contribution in [0.25, 0.3) is 0 Å². The molecule has 1 aliphatic heterocycles. The van der Waals surface area contributed by atoms with Crippen LogP contribution in [0.3, 0.4) is 0 Å². The van der Waals surface area contributed by atoms with Crippen LogP contribution in [-0.2, 0) is 0 Å². The highest BCUT2D eigenvalue weighted by Crippen LogP contribution is 2.26. The van der Waals surface area contributed by atoms with Crippen LogP contribution in [-0.4, -0.2) is 55.0 Å². The molecule has 8 heteroatoms. The van der Waals surface area contributed by atoms with Gasteiger partial charge in [0.15, 0.2) is 0 Å². The highest BCUT2D eigenvalue weighted by atomic mass is 19.1. The van der Waals surface area contributed by atoms with Gasteiger partial charge < -0.3 is 26.6 Å². The van der Waals surface area contributed by atoms with E-state index in [-0.39, 0.29) is 23.9 Å². The van der Waals surface area contributed by atoms with Gasteiger partial charge in [-0.3, -0.25) is 9.59 Å². The summed E-state index contributed by atoms with van der Waals surface area (Å²) in [6.07, 6.45) is 3.66. The van der Waals surface area contributed by atoms with Crippen molar-refractivity contribution in [2.75, 3.05) is 36.8 Å². The van der Waals surface area contributed by atoms with Gasteiger partial charge in [-0.25, -0.2) is 4.39 Å². The molecule has 0 spiro atoms. The molecule has 2 aromatic rings. The fraction of sp³-hybridized carbons (Fsp3) is 0.417. The van der Waals surface area contributed by atoms with Crippen LogP contribution in [0.1, 0.15) is 46.4 Å². The summed E-state index contributed by atoms with van der Waals surface area (Å²) in [5.74, 6) is -0.708. The lowest BCUT2D eigenvalue weighted by Crippen LogP contribution is -2.49. The summed E-state index contributed by atoms with van der Waals surface area (Å²) in [5.41, 5.74) is 14.5. The van der Waals surface area contributed by atoms with Gasteiger partial charge >= 0.3 is 0 Å². The average Bonchev–Trinajstić information content (AvgIpc) is 2.80. The van der Waals surface area contributed by atoms with Crippen molar-refractivity contribution in [2.45, 2.75) is 37.8 Å². The lowest BCUT2D eigenvalue weighted by molar-refractivity contribution is 0.0746. The molecule has 2 amide bonds. The molecule has 7 nitrogen and oxygen atoms in total. The summed E-state index contributed by atoms with van der Waals surface area (Å²) in [4.78, 5) is 29.1. The smallest absolute Gasteiger partial charge is 0.254 e. The summed E-state index contributed by atoms with van der Waals surface area (Å²) < 4.78 is 13.4. The number of nitrogens with one attached hydrogen (secondary N) is 1. The maximum atomic E-state index is 13.4. The number of nitrogen functional groups attached to an aromatic ring is 1. The van der Waals surface area contributed by atoms with Crippen LogP contribution in [0.5, 0.6) is 0 Å². The van der Waals surface area contributed by atoms with Crippen molar-refractivity contribution in [3.05, 3.63) is 59.4 Å². The summed E-state index contributed by atoms with van der Waals surface area (Å²) >= 11 is 0. The Bertz CT molecular complexity index is 982. The van der Waals surface area contributed by atoms with Crippen LogP contribution in [0.2, 0.25) is 0 Å². The fourth-order valence-electron chi connectivity index (χ4n) is 4.47. The third kappa shape index (κ3) is 5.02. The molecule has 2 fully saturated rings. The van der Waals surface area contributed by atoms with Crippen LogP contribution in [0.15, 0.2) is 42.5 Å². The number of piperazine rings is 1. The molecule has 1 heterocycles. The SMILES string of the molecule is Nc1cc(C(=O)NC2CCC(N)CC2)ccc1N1CCN(C(=O)c2cccc(F)c2)CC1.